The van der Waals surface area contributed by atoms with Gasteiger partial charge in [-0.15, -0.1) is 0 Å². The van der Waals surface area contributed by atoms with Crippen molar-refractivity contribution in [1.82, 2.24) is 14.8 Å². The van der Waals surface area contributed by atoms with E-state index in [1.54, 1.807) is 0 Å². The van der Waals surface area contributed by atoms with E-state index in [1.807, 2.05) is 48.8 Å². The molecule has 3 rings (SSSR count). The van der Waals surface area contributed by atoms with Crippen molar-refractivity contribution in [1.29, 1.82) is 0 Å². The van der Waals surface area contributed by atoms with Gasteiger partial charge in [-0.3, -0.25) is 9.59 Å². The maximum atomic E-state index is 12.5. The maximum absolute atomic E-state index is 12.5. The molecular formula is C18H23N3O3. The van der Waals surface area contributed by atoms with Crippen LogP contribution in [0.5, 0.6) is 0 Å². The largest absolute Gasteiger partial charge is 0.443 e. The van der Waals surface area contributed by atoms with E-state index < -0.39 is 0 Å². The molecule has 2 aromatic rings. The van der Waals surface area contributed by atoms with Gasteiger partial charge >= 0.3 is 0 Å². The molecule has 1 aromatic heterocycles. The fourth-order valence-corrected chi connectivity index (χ4v) is 2.93. The number of piperazine rings is 1. The Balaban J connectivity index is 1.58. The topological polar surface area (TPSA) is 66.7 Å². The SMILES string of the molecule is CC(C)(C)C(=O)N1CCN(C(=O)Cc2ccc3ncoc3c2)CC1. The van der Waals surface area contributed by atoms with E-state index >= 15 is 0 Å². The van der Waals surface area contributed by atoms with Gasteiger partial charge in [-0.2, -0.15) is 0 Å². The van der Waals surface area contributed by atoms with Gasteiger partial charge in [0.1, 0.15) is 5.52 Å². The van der Waals surface area contributed by atoms with Gasteiger partial charge in [0, 0.05) is 31.6 Å². The number of rotatable bonds is 2. The molecule has 1 saturated heterocycles. The van der Waals surface area contributed by atoms with E-state index in [-0.39, 0.29) is 17.2 Å². The molecule has 0 saturated carbocycles. The van der Waals surface area contributed by atoms with Crippen molar-refractivity contribution in [2.75, 3.05) is 26.2 Å². The minimum Gasteiger partial charge on any atom is -0.443 e. The van der Waals surface area contributed by atoms with Gasteiger partial charge in [-0.1, -0.05) is 26.8 Å². The van der Waals surface area contributed by atoms with Crippen LogP contribution in [0.25, 0.3) is 11.1 Å². The van der Waals surface area contributed by atoms with Crippen LogP contribution in [-0.2, 0) is 16.0 Å². The van der Waals surface area contributed by atoms with Crippen LogP contribution in [0.3, 0.4) is 0 Å². The summed E-state index contributed by atoms with van der Waals surface area (Å²) in [7, 11) is 0. The molecule has 0 atom stereocenters. The van der Waals surface area contributed by atoms with Crippen LogP contribution >= 0.6 is 0 Å². The number of hydrogen-bond acceptors (Lipinski definition) is 4. The third kappa shape index (κ3) is 3.42. The lowest BCUT2D eigenvalue weighted by molar-refractivity contribution is -0.144. The molecule has 0 unspecified atom stereocenters. The molecule has 2 heterocycles. The number of amides is 2. The van der Waals surface area contributed by atoms with Crippen molar-refractivity contribution >= 4 is 22.9 Å². The lowest BCUT2D eigenvalue weighted by Gasteiger charge is -2.37. The van der Waals surface area contributed by atoms with Crippen molar-refractivity contribution in [3.8, 4) is 0 Å². The summed E-state index contributed by atoms with van der Waals surface area (Å²) in [6.45, 7) is 8.15. The normalized spacial score (nSPS) is 15.8. The number of fused-ring (bicyclic) bond motifs is 1. The first kappa shape index (κ1) is 16.5. The van der Waals surface area contributed by atoms with E-state index in [1.165, 1.54) is 6.39 Å². The molecule has 24 heavy (non-hydrogen) atoms. The Morgan fingerprint density at radius 3 is 2.46 bits per heavy atom. The average molecular weight is 329 g/mol. The molecule has 0 N–H and O–H groups in total. The molecule has 128 valence electrons. The molecule has 1 aliphatic rings. The Morgan fingerprint density at radius 2 is 1.79 bits per heavy atom. The second-order valence-electron chi connectivity index (χ2n) is 7.25. The van der Waals surface area contributed by atoms with Crippen molar-refractivity contribution in [2.24, 2.45) is 5.41 Å². The van der Waals surface area contributed by atoms with Crippen LogP contribution in [0.2, 0.25) is 0 Å². The molecule has 1 aliphatic heterocycles. The highest BCUT2D eigenvalue weighted by molar-refractivity contribution is 5.83. The zero-order valence-electron chi connectivity index (χ0n) is 14.4. The first-order valence-electron chi connectivity index (χ1n) is 8.24. The molecule has 2 amide bonds. The fraction of sp³-hybridized carbons (Fsp3) is 0.500. The number of carbonyl (C=O) groups is 2. The highest BCUT2D eigenvalue weighted by atomic mass is 16.3. The predicted octanol–water partition coefficient (Wildman–Crippen LogP) is 2.09. The first-order chi connectivity index (χ1) is 11.3. The number of hydrogen-bond donors (Lipinski definition) is 0. The van der Waals surface area contributed by atoms with Gasteiger partial charge in [0.2, 0.25) is 11.8 Å². The summed E-state index contributed by atoms with van der Waals surface area (Å²) >= 11 is 0. The average Bonchev–Trinajstić information content (AvgIpc) is 3.01. The molecule has 1 aromatic carbocycles. The number of carbonyl (C=O) groups excluding carboxylic acids is 2. The Hall–Kier alpha value is -2.37. The molecule has 0 radical (unpaired) electrons. The molecule has 0 spiro atoms. The fourth-order valence-electron chi connectivity index (χ4n) is 2.93. The van der Waals surface area contributed by atoms with E-state index in [2.05, 4.69) is 4.98 Å². The molecule has 0 aliphatic carbocycles. The Kier molecular flexibility index (Phi) is 4.30. The first-order valence-corrected chi connectivity index (χ1v) is 8.24. The summed E-state index contributed by atoms with van der Waals surface area (Å²) in [6.07, 6.45) is 1.74. The van der Waals surface area contributed by atoms with Crippen LogP contribution in [0.15, 0.2) is 29.0 Å². The van der Waals surface area contributed by atoms with Gasteiger partial charge in [0.25, 0.3) is 0 Å². The summed E-state index contributed by atoms with van der Waals surface area (Å²) in [5.41, 5.74) is 2.03. The highest BCUT2D eigenvalue weighted by Crippen LogP contribution is 2.19. The third-order valence-electron chi connectivity index (χ3n) is 4.31. The van der Waals surface area contributed by atoms with Gasteiger partial charge in [0.05, 0.1) is 6.42 Å². The van der Waals surface area contributed by atoms with Gasteiger partial charge in [-0.25, -0.2) is 4.98 Å². The Morgan fingerprint density at radius 1 is 1.12 bits per heavy atom. The van der Waals surface area contributed by atoms with Gasteiger partial charge < -0.3 is 14.2 Å². The molecule has 6 heteroatoms. The van der Waals surface area contributed by atoms with Gasteiger partial charge in [0.15, 0.2) is 12.0 Å². The zero-order chi connectivity index (χ0) is 17.3. The van der Waals surface area contributed by atoms with Crippen LogP contribution in [0.4, 0.5) is 0 Å². The summed E-state index contributed by atoms with van der Waals surface area (Å²) in [5.74, 6) is 0.224. The number of oxazole rings is 1. The van der Waals surface area contributed by atoms with Crippen molar-refractivity contribution in [3.05, 3.63) is 30.2 Å². The van der Waals surface area contributed by atoms with E-state index in [0.29, 0.717) is 38.2 Å². The summed E-state index contributed by atoms with van der Waals surface area (Å²) in [6, 6.07) is 5.63. The van der Waals surface area contributed by atoms with Crippen molar-refractivity contribution in [2.45, 2.75) is 27.2 Å². The summed E-state index contributed by atoms with van der Waals surface area (Å²) in [5, 5.41) is 0. The standard InChI is InChI=1S/C18H23N3O3/c1-18(2,3)17(23)21-8-6-20(7-9-21)16(22)11-13-4-5-14-15(10-13)24-12-19-14/h4-5,10,12H,6-9,11H2,1-3H3. The number of benzene rings is 1. The Labute approximate surface area is 141 Å². The van der Waals surface area contributed by atoms with E-state index in [0.717, 1.165) is 11.1 Å². The maximum Gasteiger partial charge on any atom is 0.228 e. The minimum atomic E-state index is -0.376. The lowest BCUT2D eigenvalue weighted by Crippen LogP contribution is -2.53. The minimum absolute atomic E-state index is 0.0803. The highest BCUT2D eigenvalue weighted by Gasteiger charge is 2.30. The smallest absolute Gasteiger partial charge is 0.228 e. The van der Waals surface area contributed by atoms with Crippen LogP contribution < -0.4 is 0 Å². The van der Waals surface area contributed by atoms with Crippen LogP contribution in [-0.4, -0.2) is 52.8 Å². The van der Waals surface area contributed by atoms with Gasteiger partial charge in [-0.05, 0) is 17.7 Å². The molecule has 0 bridgehead atoms. The molecule has 6 nitrogen and oxygen atoms in total. The quantitative estimate of drug-likeness (QED) is 0.846. The predicted molar refractivity (Wildman–Crippen MR) is 90.3 cm³/mol. The number of nitrogens with zero attached hydrogens (tertiary/aromatic N) is 3. The Bertz CT molecular complexity index is 752. The van der Waals surface area contributed by atoms with E-state index in [4.69, 9.17) is 4.42 Å². The van der Waals surface area contributed by atoms with Crippen LogP contribution in [0, 0.1) is 5.41 Å². The lowest BCUT2D eigenvalue weighted by atomic mass is 9.94. The van der Waals surface area contributed by atoms with Crippen molar-refractivity contribution < 1.29 is 14.0 Å². The molecule has 1 fully saturated rings. The second kappa shape index (κ2) is 6.26. The summed E-state index contributed by atoms with van der Waals surface area (Å²) < 4.78 is 5.28. The molecular weight excluding hydrogens is 306 g/mol. The summed E-state index contributed by atoms with van der Waals surface area (Å²) in [4.78, 5) is 32.5. The van der Waals surface area contributed by atoms with Crippen molar-refractivity contribution in [3.63, 3.8) is 0 Å². The van der Waals surface area contributed by atoms with E-state index in [9.17, 15) is 9.59 Å². The second-order valence-corrected chi connectivity index (χ2v) is 7.25. The van der Waals surface area contributed by atoms with Crippen LogP contribution in [0.1, 0.15) is 26.3 Å². The number of aromatic nitrogens is 1. The monoisotopic (exact) mass is 329 g/mol. The third-order valence-corrected chi connectivity index (χ3v) is 4.31. The zero-order valence-corrected chi connectivity index (χ0v) is 14.4.